The lowest BCUT2D eigenvalue weighted by molar-refractivity contribution is -0.143. The summed E-state index contributed by atoms with van der Waals surface area (Å²) in [5.41, 5.74) is -1.91. The third kappa shape index (κ3) is 4.76. The summed E-state index contributed by atoms with van der Waals surface area (Å²) < 4.78 is 60.7. The molecule has 30 heavy (non-hydrogen) atoms. The predicted molar refractivity (Wildman–Crippen MR) is 99.7 cm³/mol. The molecule has 0 radical (unpaired) electrons. The van der Waals surface area contributed by atoms with Gasteiger partial charge in [0.2, 0.25) is 5.88 Å². The molecule has 1 N–H and O–H groups in total. The Balaban J connectivity index is 1.82. The van der Waals surface area contributed by atoms with E-state index < -0.39 is 34.8 Å². The first-order chi connectivity index (χ1) is 14.2. The van der Waals surface area contributed by atoms with Crippen molar-refractivity contribution in [1.29, 1.82) is 0 Å². The minimum atomic E-state index is -4.93. The Hall–Kier alpha value is -3.43. The van der Waals surface area contributed by atoms with Crippen LogP contribution in [0.2, 0.25) is 0 Å². The Morgan fingerprint density at radius 1 is 1.17 bits per heavy atom. The van der Waals surface area contributed by atoms with Gasteiger partial charge in [-0.05, 0) is 31.5 Å². The van der Waals surface area contributed by atoms with Gasteiger partial charge in [0.25, 0.3) is 5.91 Å². The number of hydrogen-bond acceptors (Lipinski definition) is 4. The molecule has 0 saturated heterocycles. The van der Waals surface area contributed by atoms with E-state index in [-0.39, 0.29) is 12.6 Å². The highest BCUT2D eigenvalue weighted by molar-refractivity contribution is 5.95. The van der Waals surface area contributed by atoms with Gasteiger partial charge < -0.3 is 10.1 Å². The third-order valence-electron chi connectivity index (χ3n) is 3.97. The number of pyridine rings is 1. The number of alkyl halides is 3. The number of rotatable bonds is 6. The highest BCUT2D eigenvalue weighted by Gasteiger charge is 2.41. The van der Waals surface area contributed by atoms with Crippen LogP contribution >= 0.6 is 0 Å². The summed E-state index contributed by atoms with van der Waals surface area (Å²) in [5, 5.41) is 6.00. The van der Waals surface area contributed by atoms with E-state index in [0.717, 1.165) is 18.3 Å². The average molecular weight is 422 g/mol. The predicted octanol–water partition coefficient (Wildman–Crippen LogP) is 4.14. The first-order valence-corrected chi connectivity index (χ1v) is 8.96. The first kappa shape index (κ1) is 21.3. The molecule has 0 aliphatic carbocycles. The smallest absolute Gasteiger partial charge is 0.434 e. The van der Waals surface area contributed by atoms with E-state index in [2.05, 4.69) is 15.4 Å². The van der Waals surface area contributed by atoms with Gasteiger partial charge >= 0.3 is 6.18 Å². The van der Waals surface area contributed by atoms with Gasteiger partial charge in [0.05, 0.1) is 17.9 Å². The number of aromatic nitrogens is 3. The lowest BCUT2D eigenvalue weighted by atomic mass is 10.2. The van der Waals surface area contributed by atoms with Crippen LogP contribution in [-0.2, 0) is 12.7 Å². The molecular formula is C20H18F4N4O2. The lowest BCUT2D eigenvalue weighted by Crippen LogP contribution is -2.26. The molecule has 1 amide bonds. The van der Waals surface area contributed by atoms with Crippen LogP contribution in [-0.4, -0.2) is 26.8 Å². The number of ether oxygens (including phenoxy) is 1. The van der Waals surface area contributed by atoms with Crippen molar-refractivity contribution in [2.45, 2.75) is 32.7 Å². The molecule has 0 bridgehead atoms. The average Bonchev–Trinajstić information content (AvgIpc) is 3.12. The monoisotopic (exact) mass is 422 g/mol. The Bertz CT molecular complexity index is 1030. The molecule has 10 heteroatoms. The van der Waals surface area contributed by atoms with Crippen molar-refractivity contribution >= 4 is 5.91 Å². The summed E-state index contributed by atoms with van der Waals surface area (Å²) in [6.45, 7) is 3.63. The molecule has 0 unspecified atom stereocenters. The molecule has 2 heterocycles. The van der Waals surface area contributed by atoms with Gasteiger partial charge in [0.1, 0.15) is 11.5 Å². The number of para-hydroxylation sites is 1. The van der Waals surface area contributed by atoms with Crippen LogP contribution in [0.5, 0.6) is 5.88 Å². The van der Waals surface area contributed by atoms with Gasteiger partial charge in [-0.15, -0.1) is 0 Å². The van der Waals surface area contributed by atoms with Gasteiger partial charge in [-0.2, -0.15) is 18.3 Å². The third-order valence-corrected chi connectivity index (χ3v) is 3.97. The molecule has 0 aliphatic heterocycles. The summed E-state index contributed by atoms with van der Waals surface area (Å²) in [6, 6.07) is 8.11. The number of nitrogens with one attached hydrogen (secondary N) is 1. The second kappa shape index (κ2) is 8.52. The molecule has 0 atom stereocenters. The topological polar surface area (TPSA) is 69.0 Å². The summed E-state index contributed by atoms with van der Waals surface area (Å²) in [6.07, 6.45) is -2.77. The Kier molecular flexibility index (Phi) is 6.04. The molecule has 3 aromatic rings. The minimum absolute atomic E-state index is 0.0596. The maximum Gasteiger partial charge on any atom is 0.434 e. The van der Waals surface area contributed by atoms with Gasteiger partial charge in [-0.25, -0.2) is 14.1 Å². The molecule has 6 nitrogen and oxygen atoms in total. The minimum Gasteiger partial charge on any atom is -0.475 e. The number of carbonyl (C=O) groups is 1. The van der Waals surface area contributed by atoms with Gasteiger partial charge in [-0.3, -0.25) is 4.79 Å². The second-order valence-corrected chi connectivity index (χ2v) is 6.62. The quantitative estimate of drug-likeness (QED) is 0.607. The van der Waals surface area contributed by atoms with Crippen LogP contribution in [0.25, 0.3) is 5.69 Å². The van der Waals surface area contributed by atoms with E-state index in [4.69, 9.17) is 4.74 Å². The zero-order chi connectivity index (χ0) is 21.9. The number of benzene rings is 1. The molecule has 0 spiro atoms. The molecule has 0 aliphatic rings. The molecule has 158 valence electrons. The zero-order valence-electron chi connectivity index (χ0n) is 16.1. The van der Waals surface area contributed by atoms with E-state index >= 15 is 0 Å². The van der Waals surface area contributed by atoms with Crippen molar-refractivity contribution in [2.24, 2.45) is 0 Å². The van der Waals surface area contributed by atoms with E-state index in [1.165, 1.54) is 18.3 Å². The maximum absolute atomic E-state index is 14.0. The van der Waals surface area contributed by atoms with E-state index in [9.17, 15) is 22.4 Å². The summed E-state index contributed by atoms with van der Waals surface area (Å²) in [5.74, 6) is -1.49. The van der Waals surface area contributed by atoms with Crippen molar-refractivity contribution < 1.29 is 27.1 Å². The lowest BCUT2D eigenvalue weighted by Gasteiger charge is -2.13. The Labute approximate surface area is 169 Å². The van der Waals surface area contributed by atoms with E-state index in [1.54, 1.807) is 12.1 Å². The van der Waals surface area contributed by atoms with Crippen LogP contribution in [0, 0.1) is 5.82 Å². The fourth-order valence-corrected chi connectivity index (χ4v) is 2.70. The second-order valence-electron chi connectivity index (χ2n) is 6.62. The summed E-state index contributed by atoms with van der Waals surface area (Å²) in [7, 11) is 0. The fourth-order valence-electron chi connectivity index (χ4n) is 2.70. The molecule has 1 aromatic carbocycles. The molecule has 3 rings (SSSR count). The summed E-state index contributed by atoms with van der Waals surface area (Å²) in [4.78, 5) is 16.5. The first-order valence-electron chi connectivity index (χ1n) is 8.96. The number of nitrogens with zero attached hydrogens (tertiary/aromatic N) is 3. The Morgan fingerprint density at radius 3 is 2.50 bits per heavy atom. The number of amides is 1. The normalized spacial score (nSPS) is 11.6. The summed E-state index contributed by atoms with van der Waals surface area (Å²) >= 11 is 0. The largest absolute Gasteiger partial charge is 0.475 e. The molecule has 0 saturated carbocycles. The maximum atomic E-state index is 14.0. The standard InChI is InChI=1S/C20H18F4N4O2/c1-12(2)30-17-8-7-13(9-25-17)10-26-19(29)14-11-27-28(18(14)20(22,23)24)16-6-4-3-5-15(16)21/h3-9,11-12H,10H2,1-2H3,(H,26,29). The molecule has 0 fully saturated rings. The van der Waals surface area contributed by atoms with Crippen LogP contribution in [0.1, 0.15) is 35.5 Å². The van der Waals surface area contributed by atoms with Gasteiger partial charge in [0.15, 0.2) is 5.69 Å². The van der Waals surface area contributed by atoms with Crippen molar-refractivity contribution in [3.63, 3.8) is 0 Å². The van der Waals surface area contributed by atoms with Crippen LogP contribution in [0.15, 0.2) is 48.8 Å². The number of hydrogen-bond donors (Lipinski definition) is 1. The van der Waals surface area contributed by atoms with Gasteiger partial charge in [-0.1, -0.05) is 18.2 Å². The van der Waals surface area contributed by atoms with E-state index in [0.29, 0.717) is 16.1 Å². The highest BCUT2D eigenvalue weighted by Crippen LogP contribution is 2.34. The van der Waals surface area contributed by atoms with Crippen LogP contribution < -0.4 is 10.1 Å². The van der Waals surface area contributed by atoms with E-state index in [1.807, 2.05) is 13.8 Å². The molecule has 2 aromatic heterocycles. The van der Waals surface area contributed by atoms with Crippen molar-refractivity contribution in [1.82, 2.24) is 20.1 Å². The number of carbonyl (C=O) groups excluding carboxylic acids is 1. The van der Waals surface area contributed by atoms with Crippen molar-refractivity contribution in [3.05, 3.63) is 71.4 Å². The number of halogens is 4. The Morgan fingerprint density at radius 2 is 1.90 bits per heavy atom. The van der Waals surface area contributed by atoms with Gasteiger partial charge in [0, 0.05) is 18.8 Å². The molecular weight excluding hydrogens is 404 g/mol. The highest BCUT2D eigenvalue weighted by atomic mass is 19.4. The SMILES string of the molecule is CC(C)Oc1ccc(CNC(=O)c2cnn(-c3ccccc3F)c2C(F)(F)F)cn1. The van der Waals surface area contributed by atoms with Crippen molar-refractivity contribution in [3.8, 4) is 11.6 Å². The van der Waals surface area contributed by atoms with Crippen molar-refractivity contribution in [2.75, 3.05) is 0 Å². The fraction of sp³-hybridized carbons (Fsp3) is 0.250. The van der Waals surface area contributed by atoms with Crippen LogP contribution in [0.4, 0.5) is 17.6 Å². The zero-order valence-corrected chi connectivity index (χ0v) is 16.1. The van der Waals surface area contributed by atoms with Crippen LogP contribution in [0.3, 0.4) is 0 Å².